The van der Waals surface area contributed by atoms with Crippen molar-refractivity contribution in [2.45, 2.75) is 37.6 Å². The molecule has 1 aliphatic rings. The van der Waals surface area contributed by atoms with E-state index in [4.69, 9.17) is 0 Å². The summed E-state index contributed by atoms with van der Waals surface area (Å²) in [5.74, 6) is -0.224. The van der Waals surface area contributed by atoms with Crippen LogP contribution in [0, 0.1) is 11.3 Å². The first kappa shape index (κ1) is 13.0. The highest BCUT2D eigenvalue weighted by Gasteiger charge is 2.33. The quantitative estimate of drug-likeness (QED) is 0.854. The number of nitrogens with zero attached hydrogens (tertiary/aromatic N) is 2. The molecule has 4 nitrogen and oxygen atoms in total. The van der Waals surface area contributed by atoms with Crippen molar-refractivity contribution in [1.29, 1.82) is 5.26 Å². The van der Waals surface area contributed by atoms with Gasteiger partial charge in [0.15, 0.2) is 0 Å². The van der Waals surface area contributed by atoms with Crippen molar-refractivity contribution >= 4 is 21.8 Å². The van der Waals surface area contributed by atoms with Gasteiger partial charge in [-0.25, -0.2) is 4.98 Å². The highest BCUT2D eigenvalue weighted by atomic mass is 79.9. The fraction of sp³-hybridized carbons (Fsp3) is 0.462. The second-order valence-corrected chi connectivity index (χ2v) is 5.39. The van der Waals surface area contributed by atoms with E-state index in [1.54, 1.807) is 12.1 Å². The van der Waals surface area contributed by atoms with Crippen molar-refractivity contribution in [2.75, 3.05) is 0 Å². The lowest BCUT2D eigenvalue weighted by Gasteiger charge is -2.31. The molecule has 1 N–H and O–H groups in total. The molecule has 1 saturated carbocycles. The van der Waals surface area contributed by atoms with E-state index in [1.165, 1.54) is 6.20 Å². The number of rotatable bonds is 2. The monoisotopic (exact) mass is 307 g/mol. The lowest BCUT2D eigenvalue weighted by atomic mass is 9.82. The second kappa shape index (κ2) is 5.49. The molecular weight excluding hydrogens is 294 g/mol. The summed E-state index contributed by atoms with van der Waals surface area (Å²) in [5, 5.41) is 12.2. The third-order valence-corrected chi connectivity index (χ3v) is 3.73. The molecule has 94 valence electrons. The van der Waals surface area contributed by atoms with Gasteiger partial charge in [-0.1, -0.05) is 19.3 Å². The van der Waals surface area contributed by atoms with Crippen LogP contribution in [0.4, 0.5) is 0 Å². The third-order valence-electron chi connectivity index (χ3n) is 3.26. The van der Waals surface area contributed by atoms with Gasteiger partial charge in [0.05, 0.1) is 11.6 Å². The maximum atomic E-state index is 12.1. The smallest absolute Gasteiger partial charge is 0.254 e. The lowest BCUT2D eigenvalue weighted by molar-refractivity contribution is 0.0902. The van der Waals surface area contributed by atoms with E-state index in [9.17, 15) is 10.1 Å². The molecule has 0 aromatic carbocycles. The number of nitriles is 1. The molecule has 5 heteroatoms. The van der Waals surface area contributed by atoms with E-state index in [2.05, 4.69) is 32.3 Å². The predicted octanol–water partition coefficient (Wildman–Crippen LogP) is 2.80. The molecule has 0 spiro atoms. The van der Waals surface area contributed by atoms with Crippen LogP contribution >= 0.6 is 15.9 Å². The third kappa shape index (κ3) is 2.88. The summed E-state index contributed by atoms with van der Waals surface area (Å²) in [7, 11) is 0. The number of pyridine rings is 1. The number of amides is 1. The Labute approximate surface area is 115 Å². The van der Waals surface area contributed by atoms with Crippen LogP contribution in [0.25, 0.3) is 0 Å². The number of carbonyl (C=O) groups excluding carboxylic acids is 1. The van der Waals surface area contributed by atoms with Gasteiger partial charge in [0, 0.05) is 6.20 Å². The Hall–Kier alpha value is -1.41. The zero-order valence-corrected chi connectivity index (χ0v) is 11.5. The van der Waals surface area contributed by atoms with E-state index in [0.717, 1.165) is 32.1 Å². The van der Waals surface area contributed by atoms with Gasteiger partial charge in [-0.05, 0) is 40.9 Å². The Kier molecular flexibility index (Phi) is 3.97. The van der Waals surface area contributed by atoms with Gasteiger partial charge in [-0.2, -0.15) is 5.26 Å². The highest BCUT2D eigenvalue weighted by molar-refractivity contribution is 9.10. The van der Waals surface area contributed by atoms with E-state index in [1.807, 2.05) is 0 Å². The number of halogens is 1. The Morgan fingerprint density at radius 3 is 2.67 bits per heavy atom. The van der Waals surface area contributed by atoms with Gasteiger partial charge in [0.1, 0.15) is 10.1 Å². The van der Waals surface area contributed by atoms with Crippen molar-refractivity contribution in [3.05, 3.63) is 28.5 Å². The number of carbonyl (C=O) groups is 1. The molecule has 1 amide bonds. The highest BCUT2D eigenvalue weighted by Crippen LogP contribution is 2.27. The molecule has 1 aliphatic carbocycles. The van der Waals surface area contributed by atoms with Gasteiger partial charge in [0.25, 0.3) is 5.91 Å². The summed E-state index contributed by atoms with van der Waals surface area (Å²) in [4.78, 5) is 16.1. The number of nitrogens with one attached hydrogen (secondary N) is 1. The molecule has 0 radical (unpaired) electrons. The standard InChI is InChI=1S/C13H14BrN3O/c14-11-5-4-10(8-16-11)12(18)17-13(9-15)6-2-1-3-7-13/h4-5,8H,1-3,6-7H2,(H,17,18). The van der Waals surface area contributed by atoms with Crippen LogP contribution in [0.1, 0.15) is 42.5 Å². The Bertz CT molecular complexity index is 472. The number of aromatic nitrogens is 1. The molecule has 1 fully saturated rings. The Morgan fingerprint density at radius 1 is 1.39 bits per heavy atom. The van der Waals surface area contributed by atoms with Gasteiger partial charge < -0.3 is 5.32 Å². The largest absolute Gasteiger partial charge is 0.334 e. The number of hydrogen-bond donors (Lipinski definition) is 1. The van der Waals surface area contributed by atoms with Gasteiger partial charge in [-0.15, -0.1) is 0 Å². The average Bonchev–Trinajstić information content (AvgIpc) is 2.40. The molecule has 0 saturated heterocycles. The molecular formula is C13H14BrN3O. The van der Waals surface area contributed by atoms with Gasteiger partial charge in [-0.3, -0.25) is 4.79 Å². The predicted molar refractivity (Wildman–Crippen MR) is 70.8 cm³/mol. The average molecular weight is 308 g/mol. The van der Waals surface area contributed by atoms with Crippen LogP contribution in [0.2, 0.25) is 0 Å². The fourth-order valence-corrected chi connectivity index (χ4v) is 2.45. The van der Waals surface area contributed by atoms with Crippen LogP contribution in [-0.4, -0.2) is 16.4 Å². The molecule has 0 aliphatic heterocycles. The Morgan fingerprint density at radius 2 is 2.11 bits per heavy atom. The van der Waals surface area contributed by atoms with Crippen LogP contribution in [0.15, 0.2) is 22.9 Å². The van der Waals surface area contributed by atoms with E-state index in [0.29, 0.717) is 10.2 Å². The summed E-state index contributed by atoms with van der Waals surface area (Å²) in [6, 6.07) is 5.68. The first-order valence-corrected chi connectivity index (χ1v) is 6.80. The summed E-state index contributed by atoms with van der Waals surface area (Å²) < 4.78 is 0.687. The molecule has 1 aromatic rings. The molecule has 2 rings (SSSR count). The van der Waals surface area contributed by atoms with Crippen molar-refractivity contribution in [1.82, 2.24) is 10.3 Å². The van der Waals surface area contributed by atoms with E-state index < -0.39 is 5.54 Å². The van der Waals surface area contributed by atoms with Crippen molar-refractivity contribution in [3.63, 3.8) is 0 Å². The minimum atomic E-state index is -0.692. The molecule has 0 bridgehead atoms. The summed E-state index contributed by atoms with van der Waals surface area (Å²) in [6.07, 6.45) is 6.10. The molecule has 0 unspecified atom stereocenters. The van der Waals surface area contributed by atoms with Gasteiger partial charge in [0.2, 0.25) is 0 Å². The first-order chi connectivity index (χ1) is 8.65. The lowest BCUT2D eigenvalue weighted by Crippen LogP contribution is -2.48. The van der Waals surface area contributed by atoms with Crippen LogP contribution < -0.4 is 5.32 Å². The zero-order chi connectivity index (χ0) is 13.0. The van der Waals surface area contributed by atoms with E-state index >= 15 is 0 Å². The maximum Gasteiger partial charge on any atom is 0.254 e. The minimum absolute atomic E-state index is 0.224. The number of hydrogen-bond acceptors (Lipinski definition) is 3. The summed E-state index contributed by atoms with van der Waals surface area (Å²) >= 11 is 3.22. The SMILES string of the molecule is N#CC1(NC(=O)c2ccc(Br)nc2)CCCCC1. The first-order valence-electron chi connectivity index (χ1n) is 6.00. The van der Waals surface area contributed by atoms with Crippen LogP contribution in [0.3, 0.4) is 0 Å². The topological polar surface area (TPSA) is 65.8 Å². The molecule has 1 heterocycles. The molecule has 18 heavy (non-hydrogen) atoms. The maximum absolute atomic E-state index is 12.1. The minimum Gasteiger partial charge on any atom is -0.334 e. The Balaban J connectivity index is 2.10. The zero-order valence-electron chi connectivity index (χ0n) is 9.95. The van der Waals surface area contributed by atoms with Crippen molar-refractivity contribution in [3.8, 4) is 6.07 Å². The normalized spacial score (nSPS) is 17.8. The van der Waals surface area contributed by atoms with Crippen LogP contribution in [-0.2, 0) is 0 Å². The van der Waals surface area contributed by atoms with Crippen molar-refractivity contribution in [2.24, 2.45) is 0 Å². The van der Waals surface area contributed by atoms with Crippen LogP contribution in [0.5, 0.6) is 0 Å². The summed E-state index contributed by atoms with van der Waals surface area (Å²) in [6.45, 7) is 0. The molecule has 1 aromatic heterocycles. The van der Waals surface area contributed by atoms with Crippen molar-refractivity contribution < 1.29 is 4.79 Å². The van der Waals surface area contributed by atoms with E-state index in [-0.39, 0.29) is 5.91 Å². The fourth-order valence-electron chi connectivity index (χ4n) is 2.22. The van der Waals surface area contributed by atoms with Gasteiger partial charge >= 0.3 is 0 Å². The second-order valence-electron chi connectivity index (χ2n) is 4.58. The molecule has 0 atom stereocenters. The summed E-state index contributed by atoms with van der Waals surface area (Å²) in [5.41, 5.74) is -0.207.